The predicted molar refractivity (Wildman–Crippen MR) is 75.4 cm³/mol. The zero-order chi connectivity index (χ0) is 15.4. The molecule has 1 aromatic carbocycles. The molecule has 0 aliphatic carbocycles. The number of carbonyl (C=O) groups is 1. The lowest BCUT2D eigenvalue weighted by atomic mass is 10.2. The number of nitrogens with two attached hydrogens (primary N) is 1. The largest absolute Gasteiger partial charge is 0.397 e. The van der Waals surface area contributed by atoms with Gasteiger partial charge in [-0.3, -0.25) is 19.1 Å². The number of aromatic amines is 1. The first-order chi connectivity index (χ1) is 9.97. The molecule has 4 N–H and O–H groups in total. The highest BCUT2D eigenvalue weighted by Crippen LogP contribution is 2.16. The number of aromatic nitrogens is 2. The van der Waals surface area contributed by atoms with Crippen LogP contribution in [0.2, 0.25) is 0 Å². The van der Waals surface area contributed by atoms with Gasteiger partial charge in [0.2, 0.25) is 11.7 Å². The smallest absolute Gasteiger partial charge is 0.328 e. The number of anilines is 2. The summed E-state index contributed by atoms with van der Waals surface area (Å²) in [7, 11) is 0. The second-order valence-corrected chi connectivity index (χ2v) is 4.32. The molecule has 2 aromatic rings. The van der Waals surface area contributed by atoms with E-state index in [1.165, 1.54) is 0 Å². The summed E-state index contributed by atoms with van der Waals surface area (Å²) in [6, 6.07) is 6.72. The number of nitrogen functional groups attached to an aromatic ring is 1. The van der Waals surface area contributed by atoms with Crippen molar-refractivity contribution >= 4 is 17.3 Å². The highest BCUT2D eigenvalue weighted by atomic mass is 19.1. The van der Waals surface area contributed by atoms with Crippen molar-refractivity contribution in [2.45, 2.75) is 13.0 Å². The lowest BCUT2D eigenvalue weighted by molar-refractivity contribution is -0.116. The molecule has 1 aromatic heterocycles. The van der Waals surface area contributed by atoms with E-state index < -0.39 is 17.1 Å². The fraction of sp³-hybridized carbons (Fsp3) is 0.154. The topological polar surface area (TPSA) is 110 Å². The Morgan fingerprint density at radius 1 is 1.33 bits per heavy atom. The van der Waals surface area contributed by atoms with Crippen molar-refractivity contribution in [2.24, 2.45) is 0 Å². The Morgan fingerprint density at radius 2 is 2.05 bits per heavy atom. The minimum Gasteiger partial charge on any atom is -0.397 e. The highest BCUT2D eigenvalue weighted by molar-refractivity contribution is 5.93. The summed E-state index contributed by atoms with van der Waals surface area (Å²) in [4.78, 5) is 35.8. The standard InChI is InChI=1S/C13H13FN4O3/c14-8-7-18(13(21)17-12(8)20)6-5-11(19)16-10-4-2-1-3-9(10)15/h1-4,7H,5-6,15H2,(H,16,19)(H,17,20,21). The van der Waals surface area contributed by atoms with Crippen LogP contribution in [0.1, 0.15) is 6.42 Å². The van der Waals surface area contributed by atoms with Gasteiger partial charge in [-0.05, 0) is 12.1 Å². The summed E-state index contributed by atoms with van der Waals surface area (Å²) in [6.45, 7) is -0.0644. The third-order valence-corrected chi connectivity index (χ3v) is 2.78. The highest BCUT2D eigenvalue weighted by Gasteiger charge is 2.08. The fourth-order valence-corrected chi connectivity index (χ4v) is 1.69. The quantitative estimate of drug-likeness (QED) is 0.703. The summed E-state index contributed by atoms with van der Waals surface area (Å²) in [5, 5.41) is 2.58. The maximum Gasteiger partial charge on any atom is 0.328 e. The second-order valence-electron chi connectivity index (χ2n) is 4.32. The molecule has 0 radical (unpaired) electrons. The molecular formula is C13H13FN4O3. The van der Waals surface area contributed by atoms with Gasteiger partial charge in [0.05, 0.1) is 17.6 Å². The van der Waals surface area contributed by atoms with Crippen molar-refractivity contribution in [3.8, 4) is 0 Å². The first kappa shape index (κ1) is 14.5. The number of para-hydroxylation sites is 2. The van der Waals surface area contributed by atoms with E-state index in [9.17, 15) is 18.8 Å². The Kier molecular flexibility index (Phi) is 4.17. The molecule has 0 fully saturated rings. The molecular weight excluding hydrogens is 279 g/mol. The van der Waals surface area contributed by atoms with Gasteiger partial charge in [0.15, 0.2) is 0 Å². The van der Waals surface area contributed by atoms with Crippen molar-refractivity contribution in [3.63, 3.8) is 0 Å². The zero-order valence-electron chi connectivity index (χ0n) is 10.9. The minimum atomic E-state index is -1.09. The van der Waals surface area contributed by atoms with Crippen LogP contribution in [0, 0.1) is 5.82 Å². The van der Waals surface area contributed by atoms with Crippen LogP contribution in [0.3, 0.4) is 0 Å². The summed E-state index contributed by atoms with van der Waals surface area (Å²) in [5.74, 6) is -1.46. The lowest BCUT2D eigenvalue weighted by Crippen LogP contribution is -2.32. The van der Waals surface area contributed by atoms with Crippen LogP contribution < -0.4 is 22.3 Å². The Morgan fingerprint density at radius 3 is 2.76 bits per heavy atom. The van der Waals surface area contributed by atoms with E-state index in [0.717, 1.165) is 10.8 Å². The Bertz CT molecular complexity index is 781. The molecule has 7 nitrogen and oxygen atoms in total. The van der Waals surface area contributed by atoms with Crippen LogP contribution >= 0.6 is 0 Å². The summed E-state index contributed by atoms with van der Waals surface area (Å²) in [5.41, 5.74) is 4.70. The van der Waals surface area contributed by atoms with Gasteiger partial charge in [-0.15, -0.1) is 0 Å². The van der Waals surface area contributed by atoms with E-state index in [2.05, 4.69) is 5.32 Å². The number of H-pyrrole nitrogens is 1. The number of aryl methyl sites for hydroxylation is 1. The Balaban J connectivity index is 2.02. The van der Waals surface area contributed by atoms with Crippen molar-refractivity contribution in [3.05, 3.63) is 57.1 Å². The van der Waals surface area contributed by atoms with Gasteiger partial charge in [-0.2, -0.15) is 4.39 Å². The predicted octanol–water partition coefficient (Wildman–Crippen LogP) is 0.287. The maximum absolute atomic E-state index is 13.1. The molecule has 0 unspecified atom stereocenters. The molecule has 2 rings (SSSR count). The number of hydrogen-bond acceptors (Lipinski definition) is 4. The van der Waals surface area contributed by atoms with Crippen molar-refractivity contribution in [1.82, 2.24) is 9.55 Å². The first-order valence-corrected chi connectivity index (χ1v) is 6.11. The number of amides is 1. The summed E-state index contributed by atoms with van der Waals surface area (Å²) >= 11 is 0. The van der Waals surface area contributed by atoms with Gasteiger partial charge in [-0.1, -0.05) is 12.1 Å². The number of benzene rings is 1. The molecule has 110 valence electrons. The van der Waals surface area contributed by atoms with Crippen LogP contribution in [0.4, 0.5) is 15.8 Å². The van der Waals surface area contributed by atoms with Crippen molar-refractivity contribution in [1.29, 1.82) is 0 Å². The third-order valence-electron chi connectivity index (χ3n) is 2.78. The molecule has 1 amide bonds. The molecule has 0 saturated heterocycles. The molecule has 0 spiro atoms. The molecule has 0 atom stereocenters. The van der Waals surface area contributed by atoms with Gasteiger partial charge in [-0.25, -0.2) is 4.79 Å². The average Bonchev–Trinajstić information content (AvgIpc) is 2.44. The van der Waals surface area contributed by atoms with E-state index in [1.807, 2.05) is 4.98 Å². The average molecular weight is 292 g/mol. The summed E-state index contributed by atoms with van der Waals surface area (Å²) < 4.78 is 14.0. The minimum absolute atomic E-state index is 0.0644. The van der Waals surface area contributed by atoms with Crippen molar-refractivity contribution in [2.75, 3.05) is 11.1 Å². The van der Waals surface area contributed by atoms with Crippen LogP contribution in [-0.4, -0.2) is 15.5 Å². The number of hydrogen-bond donors (Lipinski definition) is 3. The number of rotatable bonds is 4. The van der Waals surface area contributed by atoms with Crippen LogP contribution in [0.5, 0.6) is 0 Å². The number of nitrogens with one attached hydrogen (secondary N) is 2. The van der Waals surface area contributed by atoms with Gasteiger partial charge in [0, 0.05) is 13.0 Å². The van der Waals surface area contributed by atoms with Gasteiger partial charge < -0.3 is 11.1 Å². The Hall–Kier alpha value is -2.90. The number of nitrogens with zero attached hydrogens (tertiary/aromatic N) is 1. The van der Waals surface area contributed by atoms with Crippen LogP contribution in [0.15, 0.2) is 40.1 Å². The van der Waals surface area contributed by atoms with E-state index in [1.54, 1.807) is 24.3 Å². The molecule has 0 aliphatic rings. The van der Waals surface area contributed by atoms with E-state index in [4.69, 9.17) is 5.73 Å². The second kappa shape index (κ2) is 6.04. The van der Waals surface area contributed by atoms with Crippen LogP contribution in [0.25, 0.3) is 0 Å². The first-order valence-electron chi connectivity index (χ1n) is 6.11. The van der Waals surface area contributed by atoms with E-state index in [0.29, 0.717) is 11.4 Å². The monoisotopic (exact) mass is 292 g/mol. The third kappa shape index (κ3) is 3.56. The Labute approximate surface area is 118 Å². The molecule has 1 heterocycles. The maximum atomic E-state index is 13.1. The van der Waals surface area contributed by atoms with E-state index >= 15 is 0 Å². The molecule has 0 saturated carbocycles. The van der Waals surface area contributed by atoms with E-state index in [-0.39, 0.29) is 18.9 Å². The van der Waals surface area contributed by atoms with Crippen LogP contribution in [-0.2, 0) is 11.3 Å². The SMILES string of the molecule is Nc1ccccc1NC(=O)CCn1cc(F)c(=O)[nH]c1=O. The molecule has 0 bridgehead atoms. The van der Waals surface area contributed by atoms with Gasteiger partial charge in [0.25, 0.3) is 5.56 Å². The lowest BCUT2D eigenvalue weighted by Gasteiger charge is -2.08. The normalized spacial score (nSPS) is 10.3. The number of carbonyl (C=O) groups excluding carboxylic acids is 1. The van der Waals surface area contributed by atoms with Crippen molar-refractivity contribution < 1.29 is 9.18 Å². The fourth-order valence-electron chi connectivity index (χ4n) is 1.69. The van der Waals surface area contributed by atoms with Gasteiger partial charge >= 0.3 is 5.69 Å². The molecule has 21 heavy (non-hydrogen) atoms. The van der Waals surface area contributed by atoms with Gasteiger partial charge in [0.1, 0.15) is 0 Å². The zero-order valence-corrected chi connectivity index (χ0v) is 10.9. The molecule has 0 aliphatic heterocycles. The summed E-state index contributed by atoms with van der Waals surface area (Å²) in [6.07, 6.45) is 0.699. The molecule has 8 heteroatoms. The number of halogens is 1.